The number of nitrogens with two attached hydrogens (primary N) is 1. The maximum atomic E-state index is 14.2. The SMILES string of the molecule is [C-]#[N+]c1cccc(OP(=O)(CO[C@H](C)Cn2cnc3c(N)ncnc32)NC(C)(C)C(=O)OC2CCCCC2)c1. The van der Waals surface area contributed by atoms with Gasteiger partial charge in [-0.1, -0.05) is 18.6 Å². The predicted octanol–water partition coefficient (Wildman–Crippen LogP) is 4.84. The molecule has 1 fully saturated rings. The second-order valence-corrected chi connectivity index (χ2v) is 12.2. The number of rotatable bonds is 11. The van der Waals surface area contributed by atoms with Crippen molar-refractivity contribution in [2.24, 2.45) is 0 Å². The molecule has 0 saturated heterocycles. The third kappa shape index (κ3) is 7.32. The summed E-state index contributed by atoms with van der Waals surface area (Å²) in [6.07, 6.45) is 6.81. The highest BCUT2D eigenvalue weighted by molar-refractivity contribution is 7.57. The number of imidazole rings is 1. The minimum absolute atomic E-state index is 0.151. The zero-order valence-corrected chi connectivity index (χ0v) is 23.3. The van der Waals surface area contributed by atoms with E-state index in [1.165, 1.54) is 12.4 Å². The van der Waals surface area contributed by atoms with E-state index in [0.717, 1.165) is 32.1 Å². The summed E-state index contributed by atoms with van der Waals surface area (Å²) in [6, 6.07) is 6.34. The molecule has 0 amide bonds. The topological polar surface area (TPSA) is 148 Å². The highest BCUT2D eigenvalue weighted by Gasteiger charge is 2.40. The van der Waals surface area contributed by atoms with Gasteiger partial charge in [0.15, 0.2) is 17.2 Å². The molecular formula is C26H34N7O5P. The van der Waals surface area contributed by atoms with Gasteiger partial charge in [-0.05, 0) is 58.6 Å². The van der Waals surface area contributed by atoms with Gasteiger partial charge in [0.25, 0.3) is 0 Å². The first-order valence-corrected chi connectivity index (χ1v) is 14.7. The summed E-state index contributed by atoms with van der Waals surface area (Å²) in [4.78, 5) is 28.9. The molecule has 12 nitrogen and oxygen atoms in total. The van der Waals surface area contributed by atoms with Gasteiger partial charge < -0.3 is 24.3 Å². The predicted molar refractivity (Wildman–Crippen MR) is 146 cm³/mol. The van der Waals surface area contributed by atoms with Gasteiger partial charge in [-0.2, -0.15) is 0 Å². The maximum absolute atomic E-state index is 14.2. The van der Waals surface area contributed by atoms with Crippen LogP contribution in [0.3, 0.4) is 0 Å². The highest BCUT2D eigenvalue weighted by atomic mass is 31.2. The molecular weight excluding hydrogens is 521 g/mol. The number of fused-ring (bicyclic) bond motifs is 1. The Morgan fingerprint density at radius 2 is 2.05 bits per heavy atom. The van der Waals surface area contributed by atoms with Crippen LogP contribution in [0, 0.1) is 6.57 Å². The summed E-state index contributed by atoms with van der Waals surface area (Å²) in [5, 5.41) is 2.90. The van der Waals surface area contributed by atoms with Crippen molar-refractivity contribution in [2.75, 3.05) is 12.1 Å². The number of nitrogens with one attached hydrogen (secondary N) is 1. The average molecular weight is 556 g/mol. The molecule has 0 bridgehead atoms. The summed E-state index contributed by atoms with van der Waals surface area (Å²) < 4.78 is 33.5. The molecule has 1 aliphatic carbocycles. The zero-order valence-electron chi connectivity index (χ0n) is 22.4. The van der Waals surface area contributed by atoms with Crippen molar-refractivity contribution in [1.29, 1.82) is 0 Å². The van der Waals surface area contributed by atoms with Crippen molar-refractivity contribution in [1.82, 2.24) is 24.6 Å². The molecule has 2 heterocycles. The van der Waals surface area contributed by atoms with Gasteiger partial charge in [0.2, 0.25) is 0 Å². The number of benzene rings is 1. The molecule has 1 unspecified atom stereocenters. The van der Waals surface area contributed by atoms with Gasteiger partial charge in [-0.25, -0.2) is 24.9 Å². The first-order valence-electron chi connectivity index (χ1n) is 12.9. The van der Waals surface area contributed by atoms with E-state index in [2.05, 4.69) is 24.9 Å². The first-order chi connectivity index (χ1) is 18.6. The van der Waals surface area contributed by atoms with Gasteiger partial charge in [-0.3, -0.25) is 9.36 Å². The molecule has 3 aromatic rings. The van der Waals surface area contributed by atoms with Crippen LogP contribution < -0.4 is 15.3 Å². The summed E-state index contributed by atoms with van der Waals surface area (Å²) in [7, 11) is -3.85. The lowest BCUT2D eigenvalue weighted by molar-refractivity contribution is -0.156. The third-order valence-corrected chi connectivity index (χ3v) is 8.29. The number of carbonyl (C=O) groups excluding carboxylic acids is 1. The number of carbonyl (C=O) groups is 1. The summed E-state index contributed by atoms with van der Waals surface area (Å²) in [6.45, 7) is 12.6. The lowest BCUT2D eigenvalue weighted by atomic mass is 9.97. The summed E-state index contributed by atoms with van der Waals surface area (Å²) in [5.41, 5.74) is 5.92. The van der Waals surface area contributed by atoms with Crippen molar-refractivity contribution in [2.45, 2.75) is 77.2 Å². The number of nitrogen functional groups attached to an aromatic ring is 1. The third-order valence-electron chi connectivity index (χ3n) is 6.40. The van der Waals surface area contributed by atoms with E-state index in [0.29, 0.717) is 23.4 Å². The molecule has 2 aromatic heterocycles. The van der Waals surface area contributed by atoms with E-state index >= 15 is 0 Å². The molecule has 208 valence electrons. The Balaban J connectivity index is 1.49. The Morgan fingerprint density at radius 3 is 2.79 bits per heavy atom. The van der Waals surface area contributed by atoms with E-state index in [9.17, 15) is 9.36 Å². The molecule has 2 atom stereocenters. The van der Waals surface area contributed by atoms with Gasteiger partial charge >= 0.3 is 13.5 Å². The molecule has 1 aromatic carbocycles. The molecule has 1 saturated carbocycles. The van der Waals surface area contributed by atoms with Crippen LogP contribution in [0.4, 0.5) is 11.5 Å². The zero-order chi connectivity index (χ0) is 28.0. The van der Waals surface area contributed by atoms with Crippen molar-refractivity contribution < 1.29 is 23.4 Å². The minimum atomic E-state index is -3.85. The van der Waals surface area contributed by atoms with Gasteiger partial charge in [0.05, 0.1) is 25.5 Å². The largest absolute Gasteiger partial charge is 0.461 e. The van der Waals surface area contributed by atoms with Crippen LogP contribution in [0.5, 0.6) is 5.75 Å². The fourth-order valence-corrected chi connectivity index (χ4v) is 6.41. The van der Waals surface area contributed by atoms with Crippen LogP contribution >= 0.6 is 7.52 Å². The number of esters is 1. The average Bonchev–Trinajstić information content (AvgIpc) is 3.31. The van der Waals surface area contributed by atoms with Crippen molar-refractivity contribution in [3.05, 3.63) is 48.3 Å². The van der Waals surface area contributed by atoms with Crippen molar-refractivity contribution in [3.63, 3.8) is 0 Å². The molecule has 13 heteroatoms. The van der Waals surface area contributed by atoms with Gasteiger partial charge in [0.1, 0.15) is 35.6 Å². The Kier molecular flexibility index (Phi) is 8.85. The summed E-state index contributed by atoms with van der Waals surface area (Å²) >= 11 is 0. The van der Waals surface area contributed by atoms with Gasteiger partial charge in [-0.15, -0.1) is 0 Å². The Bertz CT molecular complexity index is 1400. The normalized spacial score (nSPS) is 16.8. The first kappa shape index (κ1) is 28.5. The Labute approximate surface area is 227 Å². The number of aromatic nitrogens is 4. The van der Waals surface area contributed by atoms with E-state index in [1.807, 2.05) is 6.92 Å². The fraction of sp³-hybridized carbons (Fsp3) is 0.500. The van der Waals surface area contributed by atoms with Crippen LogP contribution in [-0.2, 0) is 25.4 Å². The van der Waals surface area contributed by atoms with E-state index in [1.54, 1.807) is 42.9 Å². The maximum Gasteiger partial charge on any atom is 0.342 e. The highest BCUT2D eigenvalue weighted by Crippen LogP contribution is 2.46. The van der Waals surface area contributed by atoms with Crippen molar-refractivity contribution in [3.8, 4) is 5.75 Å². The Hall–Kier alpha value is -3.52. The molecule has 0 radical (unpaired) electrons. The molecule has 1 aliphatic rings. The van der Waals surface area contributed by atoms with Crippen LogP contribution in [-0.4, -0.2) is 49.6 Å². The van der Waals surface area contributed by atoms with Crippen LogP contribution in [0.2, 0.25) is 0 Å². The number of ether oxygens (including phenoxy) is 2. The van der Waals surface area contributed by atoms with Crippen LogP contribution in [0.1, 0.15) is 52.9 Å². The second kappa shape index (κ2) is 12.1. The number of hydrogen-bond acceptors (Lipinski definition) is 9. The number of hydrogen-bond donors (Lipinski definition) is 2. The fourth-order valence-electron chi connectivity index (χ4n) is 4.40. The molecule has 3 N–H and O–H groups in total. The quantitative estimate of drug-likeness (QED) is 0.191. The summed E-state index contributed by atoms with van der Waals surface area (Å²) in [5.74, 6) is -0.0124. The number of nitrogens with zero attached hydrogens (tertiary/aromatic N) is 5. The second-order valence-electron chi connectivity index (χ2n) is 10.2. The van der Waals surface area contributed by atoms with E-state index < -0.39 is 25.1 Å². The van der Waals surface area contributed by atoms with Crippen LogP contribution in [0.25, 0.3) is 16.0 Å². The van der Waals surface area contributed by atoms with E-state index in [-0.39, 0.29) is 24.0 Å². The van der Waals surface area contributed by atoms with Gasteiger partial charge in [0, 0.05) is 0 Å². The smallest absolute Gasteiger partial charge is 0.342 e. The van der Waals surface area contributed by atoms with Crippen molar-refractivity contribution >= 4 is 36.2 Å². The molecule has 4 rings (SSSR count). The minimum Gasteiger partial charge on any atom is -0.461 e. The van der Waals surface area contributed by atoms with E-state index in [4.69, 9.17) is 26.3 Å². The van der Waals surface area contributed by atoms with Crippen LogP contribution in [0.15, 0.2) is 36.9 Å². The molecule has 0 spiro atoms. The molecule has 0 aliphatic heterocycles. The lowest BCUT2D eigenvalue weighted by Crippen LogP contribution is -2.48. The molecule has 39 heavy (non-hydrogen) atoms. The standard InChI is InChI=1S/C26H34N7O5P/c1-18(14-33-16-31-22-23(27)29-15-30-24(22)33)36-17-39(35,38-21-12-8-9-19(13-21)28-4)32-26(2,3)25(34)37-20-10-6-5-7-11-20/h8-9,12-13,15-16,18,20H,5-7,10-11,14,17H2,1-3H3,(H,32,35)(H2,27,29,30)/t18-,39?/m1/s1. The lowest BCUT2D eigenvalue weighted by Gasteiger charge is -2.32. The number of anilines is 1. The monoisotopic (exact) mass is 555 g/mol. The Morgan fingerprint density at radius 1 is 1.28 bits per heavy atom.